The molecule has 1 aliphatic carbocycles. The van der Waals surface area contributed by atoms with E-state index in [2.05, 4.69) is 70.7 Å². The van der Waals surface area contributed by atoms with Crippen molar-refractivity contribution in [1.29, 1.82) is 0 Å². The summed E-state index contributed by atoms with van der Waals surface area (Å²) < 4.78 is 1.14. The van der Waals surface area contributed by atoms with Gasteiger partial charge in [0.05, 0.1) is 0 Å². The van der Waals surface area contributed by atoms with Crippen molar-refractivity contribution in [2.75, 3.05) is 0 Å². The summed E-state index contributed by atoms with van der Waals surface area (Å²) in [6, 6.07) is 15.4. The first-order valence-electron chi connectivity index (χ1n) is 6.99. The van der Waals surface area contributed by atoms with Gasteiger partial charge in [-0.3, -0.25) is 11.3 Å². The number of fused-ring (bicyclic) bond motifs is 1. The van der Waals surface area contributed by atoms with Crippen molar-refractivity contribution < 1.29 is 0 Å². The first kappa shape index (κ1) is 13.8. The van der Waals surface area contributed by atoms with E-state index in [9.17, 15) is 0 Å². The summed E-state index contributed by atoms with van der Waals surface area (Å²) >= 11 is 3.60. The summed E-state index contributed by atoms with van der Waals surface area (Å²) in [7, 11) is 0. The molecule has 0 saturated carbocycles. The number of hydrogen-bond acceptors (Lipinski definition) is 2. The molecule has 2 aromatic carbocycles. The molecule has 0 bridgehead atoms. The van der Waals surface area contributed by atoms with Gasteiger partial charge in [-0.25, -0.2) is 0 Å². The molecule has 0 spiro atoms. The number of benzene rings is 2. The van der Waals surface area contributed by atoms with E-state index in [1.807, 2.05) is 0 Å². The Labute approximate surface area is 128 Å². The lowest BCUT2D eigenvalue weighted by molar-refractivity contribution is 0.435. The van der Waals surface area contributed by atoms with E-state index in [0.29, 0.717) is 5.92 Å². The molecule has 2 unspecified atom stereocenters. The van der Waals surface area contributed by atoms with E-state index in [-0.39, 0.29) is 6.04 Å². The molecule has 1 aliphatic rings. The van der Waals surface area contributed by atoms with Crippen LogP contribution in [0.1, 0.15) is 40.6 Å². The third kappa shape index (κ3) is 2.53. The van der Waals surface area contributed by atoms with Gasteiger partial charge in [-0.2, -0.15) is 0 Å². The van der Waals surface area contributed by atoms with Gasteiger partial charge < -0.3 is 0 Å². The van der Waals surface area contributed by atoms with E-state index >= 15 is 0 Å². The fourth-order valence-corrected chi connectivity index (χ4v) is 3.38. The number of nitrogens with one attached hydrogen (secondary N) is 1. The lowest BCUT2D eigenvalue weighted by Crippen LogP contribution is -2.31. The molecular formula is C17H19BrN2. The standard InChI is InChI=1S/C17H19BrN2/c1-11-6-7-13(9-16(11)18)17(20-19)10-14-8-12-4-2-3-5-15(12)14/h2-7,9,14,17,20H,8,10,19H2,1H3. The number of hydrogen-bond donors (Lipinski definition) is 2. The minimum Gasteiger partial charge on any atom is -0.271 e. The topological polar surface area (TPSA) is 38.0 Å². The van der Waals surface area contributed by atoms with Crippen LogP contribution in [0.25, 0.3) is 0 Å². The molecule has 3 rings (SSSR count). The lowest BCUT2D eigenvalue weighted by atomic mass is 9.74. The first-order valence-corrected chi connectivity index (χ1v) is 7.78. The van der Waals surface area contributed by atoms with Crippen LogP contribution in [-0.4, -0.2) is 0 Å². The van der Waals surface area contributed by atoms with Crippen LogP contribution in [0.5, 0.6) is 0 Å². The highest BCUT2D eigenvalue weighted by molar-refractivity contribution is 9.10. The van der Waals surface area contributed by atoms with Crippen molar-refractivity contribution in [3.8, 4) is 0 Å². The Morgan fingerprint density at radius 2 is 2.10 bits per heavy atom. The zero-order valence-electron chi connectivity index (χ0n) is 11.6. The van der Waals surface area contributed by atoms with Crippen LogP contribution in [-0.2, 0) is 6.42 Å². The molecule has 104 valence electrons. The minimum absolute atomic E-state index is 0.199. The highest BCUT2D eigenvalue weighted by atomic mass is 79.9. The Hall–Kier alpha value is -1.16. The normalized spacial score (nSPS) is 18.2. The first-order chi connectivity index (χ1) is 9.69. The molecule has 0 saturated heterocycles. The van der Waals surface area contributed by atoms with Gasteiger partial charge in [0.25, 0.3) is 0 Å². The predicted octanol–water partition coefficient (Wildman–Crippen LogP) is 3.99. The lowest BCUT2D eigenvalue weighted by Gasteiger charge is -2.33. The van der Waals surface area contributed by atoms with Crippen LogP contribution in [0, 0.1) is 6.92 Å². The van der Waals surface area contributed by atoms with Crippen LogP contribution in [0.15, 0.2) is 46.9 Å². The van der Waals surface area contributed by atoms with Crippen LogP contribution < -0.4 is 11.3 Å². The van der Waals surface area contributed by atoms with Crippen LogP contribution >= 0.6 is 15.9 Å². The maximum atomic E-state index is 5.77. The van der Waals surface area contributed by atoms with Crippen molar-refractivity contribution in [3.05, 3.63) is 69.2 Å². The van der Waals surface area contributed by atoms with Crippen molar-refractivity contribution in [1.82, 2.24) is 5.43 Å². The van der Waals surface area contributed by atoms with Gasteiger partial charge in [0.1, 0.15) is 0 Å². The average Bonchev–Trinajstić information content (AvgIpc) is 2.44. The Morgan fingerprint density at radius 3 is 2.80 bits per heavy atom. The number of rotatable bonds is 4. The van der Waals surface area contributed by atoms with E-state index in [1.54, 1.807) is 0 Å². The van der Waals surface area contributed by atoms with Crippen LogP contribution in [0.3, 0.4) is 0 Å². The fourth-order valence-electron chi connectivity index (χ4n) is 2.98. The molecule has 0 aliphatic heterocycles. The SMILES string of the molecule is Cc1ccc(C(CC2Cc3ccccc32)NN)cc1Br. The molecule has 2 atom stereocenters. The number of halogens is 1. The van der Waals surface area contributed by atoms with Crippen LogP contribution in [0.4, 0.5) is 0 Å². The van der Waals surface area contributed by atoms with Gasteiger partial charge in [0.15, 0.2) is 0 Å². The quantitative estimate of drug-likeness (QED) is 0.657. The van der Waals surface area contributed by atoms with Crippen molar-refractivity contribution >= 4 is 15.9 Å². The molecule has 2 aromatic rings. The highest BCUT2D eigenvalue weighted by Gasteiger charge is 2.28. The summed E-state index contributed by atoms with van der Waals surface area (Å²) in [5, 5.41) is 0. The fraction of sp³-hybridized carbons (Fsp3) is 0.294. The molecule has 3 N–H and O–H groups in total. The molecule has 0 amide bonds. The van der Waals surface area contributed by atoms with Gasteiger partial charge in [0, 0.05) is 10.5 Å². The molecule has 3 heteroatoms. The Bertz CT molecular complexity index is 624. The van der Waals surface area contributed by atoms with Crippen molar-refractivity contribution in [3.63, 3.8) is 0 Å². The predicted molar refractivity (Wildman–Crippen MR) is 86.4 cm³/mol. The van der Waals surface area contributed by atoms with Gasteiger partial charge >= 0.3 is 0 Å². The van der Waals surface area contributed by atoms with E-state index < -0.39 is 0 Å². The van der Waals surface area contributed by atoms with Gasteiger partial charge in [-0.05, 0) is 54.0 Å². The average molecular weight is 331 g/mol. The number of hydrazine groups is 1. The zero-order valence-corrected chi connectivity index (χ0v) is 13.2. The highest BCUT2D eigenvalue weighted by Crippen LogP contribution is 2.40. The minimum atomic E-state index is 0.199. The molecule has 0 aromatic heterocycles. The molecule has 20 heavy (non-hydrogen) atoms. The summed E-state index contributed by atoms with van der Waals surface area (Å²) in [6.45, 7) is 2.10. The molecule has 0 heterocycles. The second-order valence-electron chi connectivity index (χ2n) is 5.56. The molecule has 0 radical (unpaired) electrons. The largest absolute Gasteiger partial charge is 0.271 e. The van der Waals surface area contributed by atoms with Gasteiger partial charge in [0.2, 0.25) is 0 Å². The maximum absolute atomic E-state index is 5.77. The maximum Gasteiger partial charge on any atom is 0.0466 e. The monoisotopic (exact) mass is 330 g/mol. The Morgan fingerprint density at radius 1 is 1.30 bits per heavy atom. The number of nitrogens with two attached hydrogens (primary N) is 1. The molecular weight excluding hydrogens is 312 g/mol. The molecule has 2 nitrogen and oxygen atoms in total. The van der Waals surface area contributed by atoms with Gasteiger partial charge in [-0.1, -0.05) is 52.3 Å². The number of aryl methyl sites for hydroxylation is 1. The van der Waals surface area contributed by atoms with Gasteiger partial charge in [-0.15, -0.1) is 0 Å². The third-order valence-electron chi connectivity index (χ3n) is 4.28. The Balaban J connectivity index is 1.77. The van der Waals surface area contributed by atoms with Crippen molar-refractivity contribution in [2.45, 2.75) is 31.7 Å². The molecule has 0 fully saturated rings. The summed E-state index contributed by atoms with van der Waals surface area (Å²) in [5.74, 6) is 6.39. The van der Waals surface area contributed by atoms with E-state index in [4.69, 9.17) is 5.84 Å². The van der Waals surface area contributed by atoms with E-state index in [0.717, 1.165) is 10.9 Å². The van der Waals surface area contributed by atoms with Crippen molar-refractivity contribution in [2.24, 2.45) is 5.84 Å². The summed E-state index contributed by atoms with van der Waals surface area (Å²) in [5.41, 5.74) is 8.44. The summed E-state index contributed by atoms with van der Waals surface area (Å²) in [6.07, 6.45) is 2.21. The summed E-state index contributed by atoms with van der Waals surface area (Å²) in [4.78, 5) is 0. The van der Waals surface area contributed by atoms with E-state index in [1.165, 1.54) is 28.7 Å². The third-order valence-corrected chi connectivity index (χ3v) is 5.14. The van der Waals surface area contributed by atoms with Crippen LogP contribution in [0.2, 0.25) is 0 Å². The Kier molecular flexibility index (Phi) is 3.92. The second-order valence-corrected chi connectivity index (χ2v) is 6.42. The second kappa shape index (κ2) is 5.68. The zero-order chi connectivity index (χ0) is 14.1. The smallest absolute Gasteiger partial charge is 0.0466 e.